The molecule has 6 heteroatoms. The molecular formula is C13H10BrFN4. The summed E-state index contributed by atoms with van der Waals surface area (Å²) in [6.45, 7) is 0. The molecule has 0 saturated heterocycles. The Hall–Kier alpha value is -2.08. The lowest BCUT2D eigenvalue weighted by molar-refractivity contribution is 0.631. The van der Waals surface area contributed by atoms with E-state index in [1.54, 1.807) is 24.3 Å². The summed E-state index contributed by atoms with van der Waals surface area (Å²) in [5.74, 6) is 0.112. The smallest absolute Gasteiger partial charge is 0.205 e. The molecule has 19 heavy (non-hydrogen) atoms. The lowest BCUT2D eigenvalue weighted by atomic mass is 10.3. The van der Waals surface area contributed by atoms with E-state index in [1.807, 2.05) is 6.07 Å². The summed E-state index contributed by atoms with van der Waals surface area (Å²) >= 11 is 3.30. The normalized spacial score (nSPS) is 10.8. The number of halogens is 2. The van der Waals surface area contributed by atoms with E-state index >= 15 is 0 Å². The number of aromatic nitrogens is 2. The minimum Gasteiger partial charge on any atom is -0.399 e. The second-order valence-corrected chi connectivity index (χ2v) is 4.94. The number of nitrogens with one attached hydrogen (secondary N) is 2. The van der Waals surface area contributed by atoms with Crippen LogP contribution in [0.2, 0.25) is 0 Å². The predicted molar refractivity (Wildman–Crippen MR) is 77.9 cm³/mol. The number of hydrogen-bond donors (Lipinski definition) is 3. The van der Waals surface area contributed by atoms with E-state index in [2.05, 4.69) is 31.2 Å². The average molecular weight is 321 g/mol. The quantitative estimate of drug-likeness (QED) is 0.629. The second-order valence-electron chi connectivity index (χ2n) is 4.08. The summed E-state index contributed by atoms with van der Waals surface area (Å²) < 4.78 is 14.3. The summed E-state index contributed by atoms with van der Waals surface area (Å²) in [4.78, 5) is 7.37. The Bertz CT molecular complexity index is 733. The van der Waals surface area contributed by atoms with Gasteiger partial charge < -0.3 is 16.0 Å². The zero-order chi connectivity index (χ0) is 13.4. The topological polar surface area (TPSA) is 66.7 Å². The predicted octanol–water partition coefficient (Wildman–Crippen LogP) is 3.79. The first kappa shape index (κ1) is 12.0. The number of imidazole rings is 1. The van der Waals surface area contributed by atoms with Crippen molar-refractivity contribution < 1.29 is 4.39 Å². The molecule has 4 N–H and O–H groups in total. The fraction of sp³-hybridized carbons (Fsp3) is 0. The molecule has 0 saturated carbocycles. The lowest BCUT2D eigenvalue weighted by Gasteiger charge is -2.06. The molecule has 2 aromatic carbocycles. The minimum atomic E-state index is -0.352. The van der Waals surface area contributed by atoms with Gasteiger partial charge in [0.05, 0.1) is 16.7 Å². The number of nitrogens with two attached hydrogens (primary N) is 1. The van der Waals surface area contributed by atoms with Gasteiger partial charge in [0, 0.05) is 10.2 Å². The molecule has 0 spiro atoms. The Balaban J connectivity index is 2.01. The summed E-state index contributed by atoms with van der Waals surface area (Å²) in [5.41, 5.74) is 8.26. The summed E-state index contributed by atoms with van der Waals surface area (Å²) in [5, 5.41) is 2.92. The first-order valence-electron chi connectivity index (χ1n) is 5.60. The highest BCUT2D eigenvalue weighted by Gasteiger charge is 2.09. The molecule has 0 bridgehead atoms. The lowest BCUT2D eigenvalue weighted by Crippen LogP contribution is -1.96. The van der Waals surface area contributed by atoms with Crippen molar-refractivity contribution in [3.63, 3.8) is 0 Å². The van der Waals surface area contributed by atoms with Crippen LogP contribution in [0.3, 0.4) is 0 Å². The van der Waals surface area contributed by atoms with E-state index in [1.165, 1.54) is 6.07 Å². The largest absolute Gasteiger partial charge is 0.399 e. The Kier molecular flexibility index (Phi) is 2.87. The van der Waals surface area contributed by atoms with Gasteiger partial charge in [-0.3, -0.25) is 0 Å². The van der Waals surface area contributed by atoms with E-state index in [0.29, 0.717) is 21.8 Å². The standard InChI is InChI=1S/C13H10BrFN4/c14-8-2-1-3-9(15)12(8)19-13-17-10-5-4-7(16)6-11(10)18-13/h1-6H,16H2,(H2,17,18,19). The maximum absolute atomic E-state index is 13.7. The molecule has 0 radical (unpaired) electrons. The third kappa shape index (κ3) is 2.26. The van der Waals surface area contributed by atoms with Crippen molar-refractivity contribution in [3.8, 4) is 0 Å². The molecule has 0 atom stereocenters. The van der Waals surface area contributed by atoms with E-state index in [4.69, 9.17) is 5.73 Å². The SMILES string of the molecule is Nc1ccc2nc(Nc3c(F)cccc3Br)[nH]c2c1. The highest BCUT2D eigenvalue weighted by Crippen LogP contribution is 2.28. The van der Waals surface area contributed by atoms with Gasteiger partial charge >= 0.3 is 0 Å². The number of nitrogen functional groups attached to an aromatic ring is 1. The number of hydrogen-bond acceptors (Lipinski definition) is 3. The fourth-order valence-corrected chi connectivity index (χ4v) is 2.26. The van der Waals surface area contributed by atoms with Gasteiger partial charge in [-0.05, 0) is 46.3 Å². The van der Waals surface area contributed by atoms with Gasteiger partial charge in [-0.25, -0.2) is 9.37 Å². The van der Waals surface area contributed by atoms with Gasteiger partial charge in [0.1, 0.15) is 5.82 Å². The van der Waals surface area contributed by atoms with Crippen molar-refractivity contribution in [2.45, 2.75) is 0 Å². The fourth-order valence-electron chi connectivity index (χ4n) is 1.82. The van der Waals surface area contributed by atoms with Crippen molar-refractivity contribution >= 4 is 44.3 Å². The zero-order valence-corrected chi connectivity index (χ0v) is 11.3. The van der Waals surface area contributed by atoms with Crippen LogP contribution in [-0.2, 0) is 0 Å². The van der Waals surface area contributed by atoms with Crippen LogP contribution in [-0.4, -0.2) is 9.97 Å². The molecule has 0 amide bonds. The Morgan fingerprint density at radius 2 is 2.11 bits per heavy atom. The van der Waals surface area contributed by atoms with E-state index in [0.717, 1.165) is 11.0 Å². The molecule has 96 valence electrons. The van der Waals surface area contributed by atoms with E-state index < -0.39 is 0 Å². The Morgan fingerprint density at radius 1 is 1.26 bits per heavy atom. The van der Waals surface area contributed by atoms with Crippen LogP contribution in [0.25, 0.3) is 11.0 Å². The number of rotatable bonds is 2. The molecule has 0 aliphatic heterocycles. The number of fused-ring (bicyclic) bond motifs is 1. The van der Waals surface area contributed by atoms with Crippen molar-refractivity contribution in [2.24, 2.45) is 0 Å². The van der Waals surface area contributed by atoms with Crippen molar-refractivity contribution in [2.75, 3.05) is 11.1 Å². The zero-order valence-electron chi connectivity index (χ0n) is 9.74. The highest BCUT2D eigenvalue weighted by atomic mass is 79.9. The summed E-state index contributed by atoms with van der Waals surface area (Å²) in [7, 11) is 0. The monoisotopic (exact) mass is 320 g/mol. The first-order valence-corrected chi connectivity index (χ1v) is 6.39. The van der Waals surface area contributed by atoms with Crippen LogP contribution >= 0.6 is 15.9 Å². The van der Waals surface area contributed by atoms with E-state index in [-0.39, 0.29) is 5.82 Å². The number of para-hydroxylation sites is 1. The van der Waals surface area contributed by atoms with Gasteiger partial charge in [-0.1, -0.05) is 6.07 Å². The average Bonchev–Trinajstić information content (AvgIpc) is 2.75. The number of H-pyrrole nitrogens is 1. The molecule has 0 aliphatic carbocycles. The second kappa shape index (κ2) is 4.55. The van der Waals surface area contributed by atoms with E-state index in [9.17, 15) is 4.39 Å². The highest BCUT2D eigenvalue weighted by molar-refractivity contribution is 9.10. The first-order chi connectivity index (χ1) is 9.13. The van der Waals surface area contributed by atoms with Crippen molar-refractivity contribution in [3.05, 3.63) is 46.7 Å². The number of benzene rings is 2. The van der Waals surface area contributed by atoms with Crippen LogP contribution < -0.4 is 11.1 Å². The third-order valence-corrected chi connectivity index (χ3v) is 3.37. The molecular weight excluding hydrogens is 311 g/mol. The van der Waals surface area contributed by atoms with Crippen molar-refractivity contribution in [1.29, 1.82) is 0 Å². The van der Waals surface area contributed by atoms with Gasteiger partial charge in [0.2, 0.25) is 5.95 Å². The molecule has 4 nitrogen and oxygen atoms in total. The Labute approximate surface area is 117 Å². The van der Waals surface area contributed by atoms with Crippen LogP contribution in [0.1, 0.15) is 0 Å². The van der Waals surface area contributed by atoms with Crippen LogP contribution in [0.5, 0.6) is 0 Å². The molecule has 0 aliphatic rings. The number of aromatic amines is 1. The van der Waals surface area contributed by atoms with Crippen LogP contribution in [0, 0.1) is 5.82 Å². The maximum atomic E-state index is 13.7. The Morgan fingerprint density at radius 3 is 2.89 bits per heavy atom. The maximum Gasteiger partial charge on any atom is 0.205 e. The molecule has 0 unspecified atom stereocenters. The van der Waals surface area contributed by atoms with Gasteiger partial charge in [-0.15, -0.1) is 0 Å². The third-order valence-electron chi connectivity index (χ3n) is 2.71. The van der Waals surface area contributed by atoms with Crippen LogP contribution in [0.15, 0.2) is 40.9 Å². The summed E-state index contributed by atoms with van der Waals surface area (Å²) in [6, 6.07) is 10.1. The molecule has 3 aromatic rings. The van der Waals surface area contributed by atoms with Crippen molar-refractivity contribution in [1.82, 2.24) is 9.97 Å². The molecule has 1 heterocycles. The van der Waals surface area contributed by atoms with Gasteiger partial charge in [0.15, 0.2) is 0 Å². The van der Waals surface area contributed by atoms with Gasteiger partial charge in [0.25, 0.3) is 0 Å². The summed E-state index contributed by atoms with van der Waals surface area (Å²) in [6.07, 6.45) is 0. The van der Waals surface area contributed by atoms with Gasteiger partial charge in [-0.2, -0.15) is 0 Å². The molecule has 3 rings (SSSR count). The number of nitrogens with zero attached hydrogens (tertiary/aromatic N) is 1. The molecule has 0 fully saturated rings. The number of anilines is 3. The van der Waals surface area contributed by atoms with Crippen LogP contribution in [0.4, 0.5) is 21.7 Å². The molecule has 1 aromatic heterocycles. The minimum absolute atomic E-state index is 0.342.